The minimum absolute atomic E-state index is 0.0690. The second-order valence-electron chi connectivity index (χ2n) is 5.67. The van der Waals surface area contributed by atoms with Gasteiger partial charge in [0, 0.05) is 6.04 Å². The molecule has 0 amide bonds. The van der Waals surface area contributed by atoms with Crippen molar-refractivity contribution in [2.75, 3.05) is 0 Å². The van der Waals surface area contributed by atoms with Crippen LogP contribution in [0.1, 0.15) is 56.9 Å². The number of aromatic nitrogens is 2. The first-order valence-electron chi connectivity index (χ1n) is 7.08. The van der Waals surface area contributed by atoms with Crippen LogP contribution in [-0.4, -0.2) is 9.55 Å². The van der Waals surface area contributed by atoms with Crippen molar-refractivity contribution < 1.29 is 0 Å². The molecule has 104 valence electrons. The van der Waals surface area contributed by atoms with E-state index in [2.05, 4.69) is 50.5 Å². The van der Waals surface area contributed by atoms with Crippen LogP contribution in [0.4, 0.5) is 0 Å². The maximum Gasteiger partial charge on any atom is 0.127 e. The van der Waals surface area contributed by atoms with Gasteiger partial charge in [0.1, 0.15) is 5.82 Å². The molecular formula is C16H23ClN2. The fourth-order valence-corrected chi connectivity index (χ4v) is 2.96. The van der Waals surface area contributed by atoms with E-state index in [1.54, 1.807) is 0 Å². The van der Waals surface area contributed by atoms with Gasteiger partial charge in [-0.1, -0.05) is 26.8 Å². The van der Waals surface area contributed by atoms with E-state index in [0.29, 0.717) is 12.0 Å². The fourth-order valence-electron chi connectivity index (χ4n) is 2.81. The van der Waals surface area contributed by atoms with Crippen LogP contribution in [0.15, 0.2) is 18.2 Å². The van der Waals surface area contributed by atoms with E-state index in [4.69, 9.17) is 16.6 Å². The van der Waals surface area contributed by atoms with E-state index in [9.17, 15) is 0 Å². The van der Waals surface area contributed by atoms with Crippen LogP contribution in [0.2, 0.25) is 0 Å². The van der Waals surface area contributed by atoms with Gasteiger partial charge in [0.05, 0.1) is 16.4 Å². The highest BCUT2D eigenvalue weighted by Gasteiger charge is 2.22. The number of benzene rings is 1. The Labute approximate surface area is 120 Å². The van der Waals surface area contributed by atoms with E-state index >= 15 is 0 Å². The highest BCUT2D eigenvalue weighted by atomic mass is 35.5. The third-order valence-corrected chi connectivity index (χ3v) is 3.94. The topological polar surface area (TPSA) is 17.8 Å². The molecule has 2 rings (SSSR count). The Morgan fingerprint density at radius 1 is 1.26 bits per heavy atom. The number of halogens is 1. The van der Waals surface area contributed by atoms with Crippen molar-refractivity contribution in [2.45, 2.75) is 52.5 Å². The highest BCUT2D eigenvalue weighted by molar-refractivity contribution is 6.20. The molecule has 1 heterocycles. The summed E-state index contributed by atoms with van der Waals surface area (Å²) in [5, 5.41) is -0.0690. The molecule has 2 atom stereocenters. The van der Waals surface area contributed by atoms with E-state index in [-0.39, 0.29) is 5.38 Å². The van der Waals surface area contributed by atoms with Crippen LogP contribution in [0.25, 0.3) is 11.0 Å². The molecule has 2 unspecified atom stereocenters. The Morgan fingerprint density at radius 3 is 2.47 bits per heavy atom. The van der Waals surface area contributed by atoms with Crippen LogP contribution in [0.5, 0.6) is 0 Å². The van der Waals surface area contributed by atoms with E-state index < -0.39 is 0 Å². The molecule has 0 bridgehead atoms. The minimum atomic E-state index is -0.0690. The van der Waals surface area contributed by atoms with E-state index in [0.717, 1.165) is 17.8 Å². The zero-order valence-electron chi connectivity index (χ0n) is 12.4. The average Bonchev–Trinajstić information content (AvgIpc) is 2.68. The molecule has 2 nitrogen and oxygen atoms in total. The van der Waals surface area contributed by atoms with Crippen molar-refractivity contribution in [3.63, 3.8) is 0 Å². The van der Waals surface area contributed by atoms with Crippen molar-refractivity contribution in [1.29, 1.82) is 0 Å². The molecule has 0 aliphatic rings. The zero-order valence-corrected chi connectivity index (χ0v) is 13.2. The largest absolute Gasteiger partial charge is 0.323 e. The van der Waals surface area contributed by atoms with Gasteiger partial charge in [-0.2, -0.15) is 0 Å². The molecule has 0 radical (unpaired) electrons. The van der Waals surface area contributed by atoms with Gasteiger partial charge in [0.15, 0.2) is 0 Å². The normalized spacial score (nSPS) is 15.1. The summed E-state index contributed by atoms with van der Waals surface area (Å²) >= 11 is 6.34. The maximum atomic E-state index is 6.34. The van der Waals surface area contributed by atoms with Gasteiger partial charge in [-0.15, -0.1) is 11.6 Å². The molecule has 1 aromatic carbocycles. The number of hydrogen-bond donors (Lipinski definition) is 0. The van der Waals surface area contributed by atoms with Crippen molar-refractivity contribution in [2.24, 2.45) is 5.92 Å². The number of fused-ring (bicyclic) bond motifs is 1. The van der Waals surface area contributed by atoms with Crippen LogP contribution in [-0.2, 0) is 0 Å². The lowest BCUT2D eigenvalue weighted by Crippen LogP contribution is -2.17. The smallest absolute Gasteiger partial charge is 0.127 e. The lowest BCUT2D eigenvalue weighted by molar-refractivity contribution is 0.364. The summed E-state index contributed by atoms with van der Waals surface area (Å²) in [5.41, 5.74) is 3.50. The summed E-state index contributed by atoms with van der Waals surface area (Å²) < 4.78 is 2.34. The lowest BCUT2D eigenvalue weighted by atomic mass is 10.0. The Morgan fingerprint density at radius 2 is 1.95 bits per heavy atom. The van der Waals surface area contributed by atoms with Crippen molar-refractivity contribution in [1.82, 2.24) is 9.55 Å². The van der Waals surface area contributed by atoms with Crippen molar-refractivity contribution in [3.8, 4) is 0 Å². The number of hydrogen-bond acceptors (Lipinski definition) is 1. The predicted molar refractivity (Wildman–Crippen MR) is 82.9 cm³/mol. The molecule has 0 spiro atoms. The molecule has 1 aromatic heterocycles. The number of imidazole rings is 1. The van der Waals surface area contributed by atoms with Crippen LogP contribution < -0.4 is 0 Å². The van der Waals surface area contributed by atoms with Gasteiger partial charge in [0.25, 0.3) is 0 Å². The highest BCUT2D eigenvalue weighted by Crippen LogP contribution is 2.33. The average molecular weight is 279 g/mol. The molecule has 0 saturated heterocycles. The molecule has 0 fully saturated rings. The van der Waals surface area contributed by atoms with Crippen molar-refractivity contribution in [3.05, 3.63) is 29.6 Å². The van der Waals surface area contributed by atoms with Gasteiger partial charge < -0.3 is 4.57 Å². The third kappa shape index (κ3) is 2.64. The Balaban J connectivity index is 2.71. The summed E-state index contributed by atoms with van der Waals surface area (Å²) in [6, 6.07) is 6.91. The summed E-state index contributed by atoms with van der Waals surface area (Å²) in [5.74, 6) is 1.56. The second-order valence-corrected chi connectivity index (χ2v) is 6.32. The first-order chi connectivity index (χ1) is 8.95. The summed E-state index contributed by atoms with van der Waals surface area (Å²) in [6.45, 7) is 10.8. The maximum absolute atomic E-state index is 6.34. The van der Waals surface area contributed by atoms with Crippen LogP contribution >= 0.6 is 11.6 Å². The van der Waals surface area contributed by atoms with Crippen LogP contribution in [0.3, 0.4) is 0 Å². The lowest BCUT2D eigenvalue weighted by Gasteiger charge is -2.24. The Hall–Kier alpha value is -1.02. The Bertz CT molecular complexity index is 569. The number of nitrogens with zero attached hydrogens (tertiary/aromatic N) is 2. The molecule has 19 heavy (non-hydrogen) atoms. The molecule has 0 aliphatic heterocycles. The van der Waals surface area contributed by atoms with Gasteiger partial charge in [-0.3, -0.25) is 0 Å². The number of rotatable bonds is 4. The first kappa shape index (κ1) is 14.4. The predicted octanol–water partition coefficient (Wildman–Crippen LogP) is 5.25. The summed E-state index contributed by atoms with van der Waals surface area (Å²) in [4.78, 5) is 4.76. The number of alkyl halides is 1. The van der Waals surface area contributed by atoms with Gasteiger partial charge in [-0.05, 0) is 43.9 Å². The third-order valence-electron chi connectivity index (χ3n) is 3.75. The molecule has 3 heteroatoms. The van der Waals surface area contributed by atoms with E-state index in [1.807, 2.05) is 6.92 Å². The fraction of sp³-hybridized carbons (Fsp3) is 0.562. The molecule has 0 aliphatic carbocycles. The van der Waals surface area contributed by atoms with Crippen LogP contribution in [0, 0.1) is 12.8 Å². The summed E-state index contributed by atoms with van der Waals surface area (Å²) in [6.07, 6.45) is 1.09. The second kappa shape index (κ2) is 5.54. The summed E-state index contributed by atoms with van der Waals surface area (Å²) in [7, 11) is 0. The van der Waals surface area contributed by atoms with Gasteiger partial charge >= 0.3 is 0 Å². The standard InChI is InChI=1S/C16H23ClN2/c1-6-14(10(2)3)19-15-8-7-11(4)9-13(15)18-16(19)12(5)17/h7-10,12,14H,6H2,1-5H3. The molecule has 2 aromatic rings. The van der Waals surface area contributed by atoms with Gasteiger partial charge in [0.2, 0.25) is 0 Å². The minimum Gasteiger partial charge on any atom is -0.323 e. The van der Waals surface area contributed by atoms with E-state index in [1.165, 1.54) is 11.1 Å². The zero-order chi connectivity index (χ0) is 14.2. The van der Waals surface area contributed by atoms with Gasteiger partial charge in [-0.25, -0.2) is 4.98 Å². The first-order valence-corrected chi connectivity index (χ1v) is 7.51. The molecule has 0 saturated carbocycles. The van der Waals surface area contributed by atoms with Crippen molar-refractivity contribution >= 4 is 22.6 Å². The Kier molecular flexibility index (Phi) is 4.19. The molecular weight excluding hydrogens is 256 g/mol. The number of aryl methyl sites for hydroxylation is 1. The quantitative estimate of drug-likeness (QED) is 0.698. The monoisotopic (exact) mass is 278 g/mol. The molecule has 0 N–H and O–H groups in total. The SMILES string of the molecule is CCC(C(C)C)n1c(C(C)Cl)nc2cc(C)ccc21.